The molecule has 8 heteroatoms. The van der Waals surface area contributed by atoms with Crippen LogP contribution >= 0.6 is 0 Å². The van der Waals surface area contributed by atoms with Gasteiger partial charge in [-0.25, -0.2) is 4.79 Å². The lowest BCUT2D eigenvalue weighted by molar-refractivity contribution is 0.0693. The first kappa shape index (κ1) is 20.4. The van der Waals surface area contributed by atoms with Crippen LogP contribution in [0, 0.1) is 5.41 Å². The molecule has 8 nitrogen and oxygen atoms in total. The number of rotatable bonds is 6. The third-order valence-corrected chi connectivity index (χ3v) is 6.33. The number of carboxylic acids is 1. The van der Waals surface area contributed by atoms with Gasteiger partial charge in [0.25, 0.3) is 5.56 Å². The molecule has 160 valence electrons. The Morgan fingerprint density at radius 2 is 2.07 bits per heavy atom. The summed E-state index contributed by atoms with van der Waals surface area (Å²) >= 11 is 0. The maximum absolute atomic E-state index is 12.7. The molecule has 1 aliphatic carbocycles. The molecule has 1 aliphatic heterocycles. The van der Waals surface area contributed by atoms with E-state index < -0.39 is 11.4 Å². The van der Waals surface area contributed by atoms with Crippen molar-refractivity contribution in [3.63, 3.8) is 0 Å². The quantitative estimate of drug-likeness (QED) is 0.703. The summed E-state index contributed by atoms with van der Waals surface area (Å²) in [6.45, 7) is 5.22. The van der Waals surface area contributed by atoms with Crippen LogP contribution in [0.1, 0.15) is 61.0 Å². The van der Waals surface area contributed by atoms with Gasteiger partial charge in [0.2, 0.25) is 0 Å². The number of aromatic nitrogens is 2. The van der Waals surface area contributed by atoms with E-state index >= 15 is 0 Å². The fourth-order valence-electron chi connectivity index (χ4n) is 4.94. The molecule has 4 rings (SSSR count). The second-order valence-electron chi connectivity index (χ2n) is 8.72. The van der Waals surface area contributed by atoms with Crippen molar-refractivity contribution in [3.8, 4) is 17.1 Å². The molecular weight excluding hydrogens is 388 g/mol. The number of ether oxygens (including phenoxy) is 2. The van der Waals surface area contributed by atoms with Crippen LogP contribution in [-0.2, 0) is 4.74 Å². The van der Waals surface area contributed by atoms with E-state index in [4.69, 9.17) is 9.47 Å². The second-order valence-corrected chi connectivity index (χ2v) is 8.72. The van der Waals surface area contributed by atoms with E-state index in [9.17, 15) is 19.5 Å². The third kappa shape index (κ3) is 3.25. The molecule has 0 aromatic carbocycles. The van der Waals surface area contributed by atoms with E-state index in [1.165, 1.54) is 12.3 Å². The monoisotopic (exact) mass is 414 g/mol. The van der Waals surface area contributed by atoms with Gasteiger partial charge in [-0.2, -0.15) is 0 Å². The normalized spacial score (nSPS) is 20.9. The number of carbonyl (C=O) groups is 1. The number of aromatic carboxylic acids is 1. The molecule has 0 spiro atoms. The van der Waals surface area contributed by atoms with Gasteiger partial charge in [-0.3, -0.25) is 9.59 Å². The zero-order valence-electron chi connectivity index (χ0n) is 17.4. The highest BCUT2D eigenvalue weighted by molar-refractivity contribution is 5.87. The highest BCUT2D eigenvalue weighted by Gasteiger charge is 2.48. The Kier molecular flexibility index (Phi) is 5.05. The fourth-order valence-corrected chi connectivity index (χ4v) is 4.94. The predicted molar refractivity (Wildman–Crippen MR) is 110 cm³/mol. The van der Waals surface area contributed by atoms with Gasteiger partial charge < -0.3 is 24.1 Å². The van der Waals surface area contributed by atoms with Crippen molar-refractivity contribution in [3.05, 3.63) is 50.0 Å². The van der Waals surface area contributed by atoms with Crippen LogP contribution in [0.5, 0.6) is 5.75 Å². The fraction of sp³-hybridized carbons (Fsp3) is 0.500. The zero-order valence-corrected chi connectivity index (χ0v) is 17.4. The molecular formula is C22H26N2O6. The Balaban J connectivity index is 1.87. The summed E-state index contributed by atoms with van der Waals surface area (Å²) < 4.78 is 12.6. The van der Waals surface area contributed by atoms with Crippen LogP contribution in [-0.4, -0.2) is 41.0 Å². The van der Waals surface area contributed by atoms with E-state index in [0.29, 0.717) is 31.0 Å². The minimum atomic E-state index is -1.25. The Labute approximate surface area is 173 Å². The van der Waals surface area contributed by atoms with Crippen molar-refractivity contribution < 1.29 is 19.4 Å². The van der Waals surface area contributed by atoms with E-state index in [2.05, 4.69) is 18.8 Å². The summed E-state index contributed by atoms with van der Waals surface area (Å²) in [5.74, 6) is -0.905. The second kappa shape index (κ2) is 7.43. The number of methoxy groups -OCH3 is 1. The molecule has 1 fully saturated rings. The van der Waals surface area contributed by atoms with Crippen molar-refractivity contribution in [2.45, 2.75) is 45.1 Å². The number of nitrogens with zero attached hydrogens (tertiary/aromatic N) is 1. The van der Waals surface area contributed by atoms with Crippen LogP contribution in [0.15, 0.2) is 27.9 Å². The summed E-state index contributed by atoms with van der Waals surface area (Å²) in [7, 11) is 1.61. The first-order valence-corrected chi connectivity index (χ1v) is 10.1. The summed E-state index contributed by atoms with van der Waals surface area (Å²) in [4.78, 5) is 39.5. The largest absolute Gasteiger partial charge is 0.488 e. The minimum Gasteiger partial charge on any atom is -0.488 e. The smallest absolute Gasteiger partial charge is 0.341 e. The van der Waals surface area contributed by atoms with Crippen LogP contribution in [0.25, 0.3) is 11.4 Å². The lowest BCUT2D eigenvalue weighted by Crippen LogP contribution is -2.33. The first-order valence-electron chi connectivity index (χ1n) is 10.1. The lowest BCUT2D eigenvalue weighted by atomic mass is 9.79. The summed E-state index contributed by atoms with van der Waals surface area (Å²) in [6.07, 6.45) is 3.94. The summed E-state index contributed by atoms with van der Waals surface area (Å²) in [6, 6.07) is 3.09. The first-order chi connectivity index (χ1) is 14.2. The molecule has 0 radical (unpaired) electrons. The van der Waals surface area contributed by atoms with Gasteiger partial charge in [-0.05, 0) is 29.9 Å². The number of hydrogen-bond acceptors (Lipinski definition) is 5. The SMILES string of the molecule is COCCCOc1cc2c([nH]c1=O)-c1cc(=O)c(C(=O)O)cn1C1[C@@H]2CCC1(C)C. The topological polar surface area (TPSA) is 111 Å². The Bertz CT molecular complexity index is 1110. The van der Waals surface area contributed by atoms with Crippen LogP contribution in [0.3, 0.4) is 0 Å². The van der Waals surface area contributed by atoms with Crippen molar-refractivity contribution in [1.82, 2.24) is 9.55 Å². The number of aromatic amines is 1. The molecule has 0 saturated heterocycles. The average Bonchev–Trinajstić information content (AvgIpc) is 3.01. The van der Waals surface area contributed by atoms with Crippen LogP contribution in [0.2, 0.25) is 0 Å². The van der Waals surface area contributed by atoms with Crippen molar-refractivity contribution >= 4 is 5.97 Å². The van der Waals surface area contributed by atoms with Crippen molar-refractivity contribution in [2.75, 3.05) is 20.3 Å². The number of carboxylic acid groups (broad SMARTS) is 1. The molecule has 2 aromatic rings. The van der Waals surface area contributed by atoms with E-state index in [1.54, 1.807) is 13.2 Å². The standard InChI is InChI=1S/C22H26N2O6/c1-22(2)6-5-12-13-9-17(30-8-4-7-29-3)20(26)23-18(13)15-10-16(25)14(21(27)28)11-24(15)19(12)22/h9-12,19H,4-8H2,1-3H3,(H,23,26)(H,27,28)/t12-,19?/m1/s1. The number of pyridine rings is 2. The van der Waals surface area contributed by atoms with Gasteiger partial charge in [0, 0.05) is 44.4 Å². The predicted octanol–water partition coefficient (Wildman–Crippen LogP) is 2.78. The Morgan fingerprint density at radius 1 is 1.30 bits per heavy atom. The summed E-state index contributed by atoms with van der Waals surface area (Å²) in [5.41, 5.74) is 0.741. The molecule has 1 saturated carbocycles. The minimum absolute atomic E-state index is 0.0223. The zero-order chi connectivity index (χ0) is 21.6. The molecule has 2 aliphatic rings. The molecule has 3 heterocycles. The maximum atomic E-state index is 12.7. The van der Waals surface area contributed by atoms with Gasteiger partial charge in [0.1, 0.15) is 5.56 Å². The van der Waals surface area contributed by atoms with Crippen molar-refractivity contribution in [1.29, 1.82) is 0 Å². The van der Waals surface area contributed by atoms with Gasteiger partial charge >= 0.3 is 5.97 Å². The highest BCUT2D eigenvalue weighted by atomic mass is 16.5. The van der Waals surface area contributed by atoms with E-state index in [-0.39, 0.29) is 34.2 Å². The maximum Gasteiger partial charge on any atom is 0.341 e. The lowest BCUT2D eigenvalue weighted by Gasteiger charge is -2.39. The molecule has 2 atom stereocenters. The van der Waals surface area contributed by atoms with Crippen molar-refractivity contribution in [2.24, 2.45) is 5.41 Å². The molecule has 1 unspecified atom stereocenters. The number of hydrogen-bond donors (Lipinski definition) is 2. The molecule has 2 aromatic heterocycles. The Hall–Kier alpha value is -2.87. The van der Waals surface area contributed by atoms with Gasteiger partial charge in [-0.1, -0.05) is 13.8 Å². The summed E-state index contributed by atoms with van der Waals surface area (Å²) in [5, 5.41) is 9.44. The Morgan fingerprint density at radius 3 is 2.77 bits per heavy atom. The number of fused-ring (bicyclic) bond motifs is 6. The van der Waals surface area contributed by atoms with Crippen LogP contribution in [0.4, 0.5) is 0 Å². The highest BCUT2D eigenvalue weighted by Crippen LogP contribution is 2.58. The van der Waals surface area contributed by atoms with Gasteiger partial charge in [0.05, 0.1) is 18.0 Å². The molecule has 0 amide bonds. The van der Waals surface area contributed by atoms with E-state index in [1.807, 2.05) is 4.57 Å². The number of nitrogens with one attached hydrogen (secondary N) is 1. The van der Waals surface area contributed by atoms with Gasteiger partial charge in [0.15, 0.2) is 11.2 Å². The van der Waals surface area contributed by atoms with E-state index in [0.717, 1.165) is 18.4 Å². The molecule has 0 bridgehead atoms. The third-order valence-electron chi connectivity index (χ3n) is 6.33. The molecule has 2 N–H and O–H groups in total. The van der Waals surface area contributed by atoms with Crippen LogP contribution < -0.4 is 15.7 Å². The van der Waals surface area contributed by atoms with Gasteiger partial charge in [-0.15, -0.1) is 0 Å². The molecule has 30 heavy (non-hydrogen) atoms. The number of H-pyrrole nitrogens is 1. The average molecular weight is 414 g/mol.